The number of benzene rings is 1. The monoisotopic (exact) mass is 367 g/mol. The Morgan fingerprint density at radius 2 is 1.82 bits per heavy atom. The maximum atomic E-state index is 12.4. The first-order chi connectivity index (χ1) is 9.47. The molecule has 1 amide bonds. The van der Waals surface area contributed by atoms with Crippen LogP contribution < -0.4 is 5.73 Å². The third-order valence-corrected chi connectivity index (χ3v) is 3.82. The number of hydrogen-bond donors (Lipinski definition) is 1. The van der Waals surface area contributed by atoms with E-state index in [0.717, 1.165) is 32.7 Å². The number of carbonyl (C=O) groups excluding carboxylic acids is 1. The van der Waals surface area contributed by atoms with Gasteiger partial charge in [0.2, 0.25) is 0 Å². The van der Waals surface area contributed by atoms with Gasteiger partial charge in [-0.25, -0.2) is 0 Å². The molecule has 1 aromatic carbocycles. The van der Waals surface area contributed by atoms with Crippen LogP contribution in [-0.2, 0) is 0 Å². The number of anilines is 1. The second-order valence-electron chi connectivity index (χ2n) is 5.73. The summed E-state index contributed by atoms with van der Waals surface area (Å²) >= 11 is 6.10. The minimum atomic E-state index is -0.000744. The molecule has 22 heavy (non-hydrogen) atoms. The van der Waals surface area contributed by atoms with Gasteiger partial charge in [0.05, 0.1) is 10.6 Å². The van der Waals surface area contributed by atoms with Crippen molar-refractivity contribution in [3.63, 3.8) is 0 Å². The third-order valence-electron chi connectivity index (χ3n) is 3.51. The Morgan fingerprint density at radius 3 is 2.32 bits per heavy atom. The van der Waals surface area contributed by atoms with E-state index >= 15 is 0 Å². The molecular formula is C15H24Cl3N3O. The van der Waals surface area contributed by atoms with E-state index in [0.29, 0.717) is 22.2 Å². The average Bonchev–Trinajstić information content (AvgIpc) is 2.38. The molecule has 0 atom stereocenters. The normalized spacial score (nSPS) is 15.2. The fourth-order valence-corrected chi connectivity index (χ4v) is 2.79. The lowest BCUT2D eigenvalue weighted by Crippen LogP contribution is -2.49. The molecule has 0 saturated carbocycles. The molecule has 1 heterocycles. The summed E-state index contributed by atoms with van der Waals surface area (Å²) < 4.78 is 0. The summed E-state index contributed by atoms with van der Waals surface area (Å²) in [5.41, 5.74) is 6.77. The standard InChI is InChI=1S/C15H22ClN3O.2ClH/c1-11(2)10-18-5-7-19(8-6-18)15(20)13-4-3-12(17)9-14(13)16;;/h3-4,9,11H,5-8,10,17H2,1-2H3;2*1H. The van der Waals surface area contributed by atoms with Gasteiger partial charge in [-0.15, -0.1) is 24.8 Å². The molecule has 2 rings (SSSR count). The topological polar surface area (TPSA) is 49.6 Å². The van der Waals surface area contributed by atoms with E-state index in [2.05, 4.69) is 18.7 Å². The van der Waals surface area contributed by atoms with Crippen molar-refractivity contribution in [2.24, 2.45) is 5.92 Å². The van der Waals surface area contributed by atoms with Crippen molar-refractivity contribution in [1.29, 1.82) is 0 Å². The Balaban J connectivity index is 0.00000220. The largest absolute Gasteiger partial charge is 0.399 e. The zero-order chi connectivity index (χ0) is 14.7. The summed E-state index contributed by atoms with van der Waals surface area (Å²) in [6, 6.07) is 5.05. The molecule has 126 valence electrons. The highest BCUT2D eigenvalue weighted by atomic mass is 35.5. The predicted octanol–water partition coefficient (Wildman–Crippen LogP) is 3.18. The molecule has 0 unspecified atom stereocenters. The molecule has 0 radical (unpaired) electrons. The third kappa shape index (κ3) is 5.51. The van der Waals surface area contributed by atoms with Crippen LogP contribution in [0.4, 0.5) is 5.69 Å². The minimum Gasteiger partial charge on any atom is -0.399 e. The quantitative estimate of drug-likeness (QED) is 0.834. The number of rotatable bonds is 3. The summed E-state index contributed by atoms with van der Waals surface area (Å²) in [7, 11) is 0. The maximum absolute atomic E-state index is 12.4. The Kier molecular flexibility index (Phi) is 9.16. The number of carbonyl (C=O) groups is 1. The van der Waals surface area contributed by atoms with E-state index in [-0.39, 0.29) is 30.7 Å². The van der Waals surface area contributed by atoms with Gasteiger partial charge in [-0.3, -0.25) is 9.69 Å². The highest BCUT2D eigenvalue weighted by Crippen LogP contribution is 2.21. The fourth-order valence-electron chi connectivity index (χ4n) is 2.53. The van der Waals surface area contributed by atoms with Crippen molar-refractivity contribution in [3.8, 4) is 0 Å². The zero-order valence-corrected chi connectivity index (χ0v) is 15.3. The minimum absolute atomic E-state index is 0. The van der Waals surface area contributed by atoms with Gasteiger partial charge in [-0.1, -0.05) is 25.4 Å². The lowest BCUT2D eigenvalue weighted by molar-refractivity contribution is 0.0624. The number of hydrogen-bond acceptors (Lipinski definition) is 3. The Morgan fingerprint density at radius 1 is 1.23 bits per heavy atom. The van der Waals surface area contributed by atoms with Crippen molar-refractivity contribution < 1.29 is 4.79 Å². The fraction of sp³-hybridized carbons (Fsp3) is 0.533. The van der Waals surface area contributed by atoms with Gasteiger partial charge in [0.1, 0.15) is 0 Å². The molecule has 0 spiro atoms. The Hall–Kier alpha value is -0.680. The van der Waals surface area contributed by atoms with Gasteiger partial charge >= 0.3 is 0 Å². The number of nitrogens with two attached hydrogens (primary N) is 1. The van der Waals surface area contributed by atoms with Gasteiger partial charge in [-0.05, 0) is 24.1 Å². The molecular weight excluding hydrogens is 345 g/mol. The first kappa shape index (κ1) is 21.3. The van der Waals surface area contributed by atoms with Crippen molar-refractivity contribution >= 4 is 48.0 Å². The van der Waals surface area contributed by atoms with E-state index in [1.54, 1.807) is 18.2 Å². The van der Waals surface area contributed by atoms with Crippen LogP contribution in [0.1, 0.15) is 24.2 Å². The van der Waals surface area contributed by atoms with Crippen LogP contribution in [0.5, 0.6) is 0 Å². The number of piperazine rings is 1. The number of nitrogen functional groups attached to an aromatic ring is 1. The molecule has 1 saturated heterocycles. The van der Waals surface area contributed by atoms with Crippen molar-refractivity contribution in [1.82, 2.24) is 9.80 Å². The van der Waals surface area contributed by atoms with Gasteiger partial charge in [-0.2, -0.15) is 0 Å². The lowest BCUT2D eigenvalue weighted by Gasteiger charge is -2.35. The number of nitrogens with zero attached hydrogens (tertiary/aromatic N) is 2. The lowest BCUT2D eigenvalue weighted by atomic mass is 10.1. The van der Waals surface area contributed by atoms with Crippen LogP contribution >= 0.6 is 36.4 Å². The van der Waals surface area contributed by atoms with Crippen LogP contribution in [0, 0.1) is 5.92 Å². The van der Waals surface area contributed by atoms with Gasteiger partial charge < -0.3 is 10.6 Å². The summed E-state index contributed by atoms with van der Waals surface area (Å²) in [5.74, 6) is 0.656. The molecule has 1 aromatic rings. The van der Waals surface area contributed by atoms with Crippen LogP contribution in [0.25, 0.3) is 0 Å². The second-order valence-corrected chi connectivity index (χ2v) is 6.13. The molecule has 0 aliphatic carbocycles. The predicted molar refractivity (Wildman–Crippen MR) is 97.5 cm³/mol. The molecule has 0 bridgehead atoms. The molecule has 0 aromatic heterocycles. The molecule has 1 fully saturated rings. The van der Waals surface area contributed by atoms with E-state index in [9.17, 15) is 4.79 Å². The Bertz CT molecular complexity index is 489. The molecule has 1 aliphatic heterocycles. The highest BCUT2D eigenvalue weighted by Gasteiger charge is 2.23. The molecule has 1 aliphatic rings. The van der Waals surface area contributed by atoms with Crippen molar-refractivity contribution in [3.05, 3.63) is 28.8 Å². The van der Waals surface area contributed by atoms with E-state index in [4.69, 9.17) is 17.3 Å². The summed E-state index contributed by atoms with van der Waals surface area (Å²) in [6.07, 6.45) is 0. The van der Waals surface area contributed by atoms with Crippen LogP contribution in [0.2, 0.25) is 5.02 Å². The smallest absolute Gasteiger partial charge is 0.255 e. The first-order valence-corrected chi connectivity index (χ1v) is 7.42. The maximum Gasteiger partial charge on any atom is 0.255 e. The second kappa shape index (κ2) is 9.46. The van der Waals surface area contributed by atoms with E-state index in [1.165, 1.54) is 0 Å². The summed E-state index contributed by atoms with van der Waals surface area (Å²) in [6.45, 7) is 8.88. The highest BCUT2D eigenvalue weighted by molar-refractivity contribution is 6.34. The number of amides is 1. The van der Waals surface area contributed by atoms with E-state index < -0.39 is 0 Å². The van der Waals surface area contributed by atoms with Crippen LogP contribution in [0.3, 0.4) is 0 Å². The molecule has 4 nitrogen and oxygen atoms in total. The van der Waals surface area contributed by atoms with Crippen molar-refractivity contribution in [2.45, 2.75) is 13.8 Å². The first-order valence-electron chi connectivity index (χ1n) is 7.04. The number of halogens is 3. The summed E-state index contributed by atoms with van der Waals surface area (Å²) in [5, 5.41) is 0.430. The van der Waals surface area contributed by atoms with Gasteiger partial charge in [0.15, 0.2) is 0 Å². The van der Waals surface area contributed by atoms with Gasteiger partial charge in [0.25, 0.3) is 5.91 Å². The SMILES string of the molecule is CC(C)CN1CCN(C(=O)c2ccc(N)cc2Cl)CC1.Cl.Cl. The molecule has 7 heteroatoms. The summed E-state index contributed by atoms with van der Waals surface area (Å²) in [4.78, 5) is 16.7. The average molecular weight is 369 g/mol. The molecule has 2 N–H and O–H groups in total. The van der Waals surface area contributed by atoms with Crippen molar-refractivity contribution in [2.75, 3.05) is 38.5 Å². The zero-order valence-electron chi connectivity index (χ0n) is 12.9. The Labute approximate surface area is 149 Å². The van der Waals surface area contributed by atoms with Crippen LogP contribution in [0.15, 0.2) is 18.2 Å². The van der Waals surface area contributed by atoms with E-state index in [1.807, 2.05) is 4.90 Å². The van der Waals surface area contributed by atoms with Gasteiger partial charge in [0, 0.05) is 38.4 Å². The van der Waals surface area contributed by atoms with Crippen LogP contribution in [-0.4, -0.2) is 48.4 Å².